The Morgan fingerprint density at radius 1 is 1.15 bits per heavy atom. The zero-order valence-corrected chi connectivity index (χ0v) is 14.2. The van der Waals surface area contributed by atoms with Crippen molar-refractivity contribution in [2.75, 3.05) is 4.72 Å². The molecule has 0 spiro atoms. The SMILES string of the molecule is Cc1ccc(Cl)c(NS(=O)(=O)c2cccc(Br)c2)c1Cl. The molecule has 106 valence electrons. The lowest BCUT2D eigenvalue weighted by molar-refractivity contribution is 0.601. The molecule has 0 aliphatic rings. The van der Waals surface area contributed by atoms with Gasteiger partial charge in [0.05, 0.1) is 20.6 Å². The number of aryl methyl sites for hydroxylation is 1. The highest BCUT2D eigenvalue weighted by Gasteiger charge is 2.18. The average molecular weight is 395 g/mol. The summed E-state index contributed by atoms with van der Waals surface area (Å²) in [5.74, 6) is 0. The highest BCUT2D eigenvalue weighted by Crippen LogP contribution is 2.34. The van der Waals surface area contributed by atoms with Crippen LogP contribution in [-0.4, -0.2) is 8.42 Å². The van der Waals surface area contributed by atoms with Crippen molar-refractivity contribution in [3.8, 4) is 0 Å². The van der Waals surface area contributed by atoms with Gasteiger partial charge in [-0.3, -0.25) is 4.72 Å². The van der Waals surface area contributed by atoms with Crippen LogP contribution < -0.4 is 4.72 Å². The van der Waals surface area contributed by atoms with Gasteiger partial charge >= 0.3 is 0 Å². The third-order valence-corrected chi connectivity index (χ3v) is 5.27. The second-order valence-electron chi connectivity index (χ2n) is 4.12. The molecule has 0 unspecified atom stereocenters. The number of rotatable bonds is 3. The van der Waals surface area contributed by atoms with Crippen LogP contribution in [0.25, 0.3) is 0 Å². The Morgan fingerprint density at radius 2 is 1.85 bits per heavy atom. The number of halogens is 3. The van der Waals surface area contributed by atoms with Gasteiger partial charge in [-0.1, -0.05) is 51.3 Å². The number of anilines is 1. The molecular weight excluding hydrogens is 385 g/mol. The van der Waals surface area contributed by atoms with Crippen LogP contribution >= 0.6 is 39.1 Å². The van der Waals surface area contributed by atoms with Crippen LogP contribution in [0, 0.1) is 6.92 Å². The van der Waals surface area contributed by atoms with E-state index in [1.807, 2.05) is 0 Å². The van der Waals surface area contributed by atoms with E-state index in [1.165, 1.54) is 12.1 Å². The molecule has 0 bridgehead atoms. The third kappa shape index (κ3) is 3.28. The maximum atomic E-state index is 12.3. The van der Waals surface area contributed by atoms with Crippen LogP contribution in [0.5, 0.6) is 0 Å². The monoisotopic (exact) mass is 393 g/mol. The molecule has 0 saturated heterocycles. The molecule has 0 aliphatic heterocycles. The molecule has 2 rings (SSSR count). The van der Waals surface area contributed by atoms with Crippen molar-refractivity contribution in [3.05, 3.63) is 56.5 Å². The van der Waals surface area contributed by atoms with Gasteiger partial charge in [0, 0.05) is 4.47 Å². The van der Waals surface area contributed by atoms with E-state index in [1.54, 1.807) is 31.2 Å². The molecular formula is C13H10BrCl2NO2S. The summed E-state index contributed by atoms with van der Waals surface area (Å²) < 4.78 is 27.7. The summed E-state index contributed by atoms with van der Waals surface area (Å²) in [6.07, 6.45) is 0. The zero-order valence-electron chi connectivity index (χ0n) is 10.3. The molecule has 7 heteroatoms. The molecule has 0 aliphatic carbocycles. The summed E-state index contributed by atoms with van der Waals surface area (Å²) in [5, 5.41) is 0.537. The molecule has 0 atom stereocenters. The topological polar surface area (TPSA) is 46.2 Å². The van der Waals surface area contributed by atoms with E-state index >= 15 is 0 Å². The maximum absolute atomic E-state index is 12.3. The molecule has 20 heavy (non-hydrogen) atoms. The van der Waals surface area contributed by atoms with Gasteiger partial charge in [-0.2, -0.15) is 0 Å². The van der Waals surface area contributed by atoms with E-state index in [9.17, 15) is 8.42 Å². The zero-order chi connectivity index (χ0) is 14.9. The molecule has 0 amide bonds. The van der Waals surface area contributed by atoms with Gasteiger partial charge in [-0.15, -0.1) is 0 Å². The third-order valence-electron chi connectivity index (χ3n) is 2.63. The Labute approximate surface area is 136 Å². The lowest BCUT2D eigenvalue weighted by Crippen LogP contribution is -2.13. The lowest BCUT2D eigenvalue weighted by Gasteiger charge is -2.13. The Balaban J connectivity index is 2.47. The van der Waals surface area contributed by atoms with E-state index in [-0.39, 0.29) is 20.6 Å². The number of benzene rings is 2. The van der Waals surface area contributed by atoms with Crippen molar-refractivity contribution in [2.45, 2.75) is 11.8 Å². The number of nitrogens with one attached hydrogen (secondary N) is 1. The van der Waals surface area contributed by atoms with E-state index in [0.29, 0.717) is 4.47 Å². The quantitative estimate of drug-likeness (QED) is 0.807. The molecule has 0 saturated carbocycles. The van der Waals surface area contributed by atoms with E-state index in [4.69, 9.17) is 23.2 Å². The molecule has 3 nitrogen and oxygen atoms in total. The Kier molecular flexibility index (Phi) is 4.64. The first kappa shape index (κ1) is 15.6. The Bertz CT molecular complexity index is 763. The fourth-order valence-corrected chi connectivity index (χ4v) is 3.84. The predicted molar refractivity (Wildman–Crippen MR) is 86.1 cm³/mol. The van der Waals surface area contributed by atoms with Gasteiger partial charge in [0.15, 0.2) is 0 Å². The van der Waals surface area contributed by atoms with Crippen LogP contribution in [-0.2, 0) is 10.0 Å². The summed E-state index contributed by atoms with van der Waals surface area (Å²) in [5.41, 5.74) is 0.927. The molecule has 0 fully saturated rings. The fourth-order valence-electron chi connectivity index (χ4n) is 1.58. The minimum atomic E-state index is -3.75. The second-order valence-corrected chi connectivity index (χ2v) is 7.50. The first-order chi connectivity index (χ1) is 9.31. The average Bonchev–Trinajstić information content (AvgIpc) is 2.39. The summed E-state index contributed by atoms with van der Waals surface area (Å²) in [6, 6.07) is 9.69. The number of hydrogen-bond acceptors (Lipinski definition) is 2. The van der Waals surface area contributed by atoms with Crippen LogP contribution in [0.1, 0.15) is 5.56 Å². The summed E-state index contributed by atoms with van der Waals surface area (Å²) in [6.45, 7) is 1.77. The second kappa shape index (κ2) is 5.93. The molecule has 0 aromatic heterocycles. The van der Waals surface area contributed by atoms with Crippen molar-refractivity contribution in [1.29, 1.82) is 0 Å². The van der Waals surface area contributed by atoms with Gasteiger partial charge in [0.1, 0.15) is 0 Å². The first-order valence-electron chi connectivity index (χ1n) is 5.54. The maximum Gasteiger partial charge on any atom is 0.262 e. The molecule has 2 aromatic rings. The highest BCUT2D eigenvalue weighted by molar-refractivity contribution is 9.10. The largest absolute Gasteiger partial charge is 0.277 e. The number of hydrogen-bond donors (Lipinski definition) is 1. The van der Waals surface area contributed by atoms with Gasteiger partial charge in [0.25, 0.3) is 10.0 Å². The van der Waals surface area contributed by atoms with E-state index in [2.05, 4.69) is 20.7 Å². The van der Waals surface area contributed by atoms with Gasteiger partial charge in [0.2, 0.25) is 0 Å². The van der Waals surface area contributed by atoms with Crippen LogP contribution in [0.15, 0.2) is 45.8 Å². The molecule has 1 N–H and O–H groups in total. The van der Waals surface area contributed by atoms with Crippen LogP contribution in [0.2, 0.25) is 10.0 Å². The minimum absolute atomic E-state index is 0.125. The van der Waals surface area contributed by atoms with Crippen molar-refractivity contribution in [1.82, 2.24) is 0 Å². The Hall–Kier alpha value is -0.750. The van der Waals surface area contributed by atoms with E-state index in [0.717, 1.165) is 5.56 Å². The standard InChI is InChI=1S/C13H10BrCl2NO2S/c1-8-5-6-11(15)13(12(8)16)17-20(18,19)10-4-2-3-9(14)7-10/h2-7,17H,1H3. The summed E-state index contributed by atoms with van der Waals surface area (Å²) >= 11 is 15.3. The highest BCUT2D eigenvalue weighted by atomic mass is 79.9. The summed E-state index contributed by atoms with van der Waals surface area (Å²) in [7, 11) is -3.75. The van der Waals surface area contributed by atoms with Crippen molar-refractivity contribution in [3.63, 3.8) is 0 Å². The first-order valence-corrected chi connectivity index (χ1v) is 8.57. The van der Waals surface area contributed by atoms with Gasteiger partial charge < -0.3 is 0 Å². The molecule has 2 aromatic carbocycles. The predicted octanol–water partition coefficient (Wildman–Crippen LogP) is 4.87. The van der Waals surface area contributed by atoms with Crippen LogP contribution in [0.3, 0.4) is 0 Å². The van der Waals surface area contributed by atoms with Gasteiger partial charge in [-0.25, -0.2) is 8.42 Å². The Morgan fingerprint density at radius 3 is 2.50 bits per heavy atom. The lowest BCUT2D eigenvalue weighted by atomic mass is 10.2. The summed E-state index contributed by atoms with van der Waals surface area (Å²) in [4.78, 5) is 0.125. The molecule has 0 heterocycles. The van der Waals surface area contributed by atoms with Crippen molar-refractivity contribution < 1.29 is 8.42 Å². The fraction of sp³-hybridized carbons (Fsp3) is 0.0769. The number of sulfonamides is 1. The van der Waals surface area contributed by atoms with Gasteiger partial charge in [-0.05, 0) is 36.8 Å². The van der Waals surface area contributed by atoms with Crippen molar-refractivity contribution >= 4 is 54.8 Å². The minimum Gasteiger partial charge on any atom is -0.277 e. The van der Waals surface area contributed by atoms with E-state index < -0.39 is 10.0 Å². The smallest absolute Gasteiger partial charge is 0.262 e. The molecule has 0 radical (unpaired) electrons. The van der Waals surface area contributed by atoms with Crippen LogP contribution in [0.4, 0.5) is 5.69 Å². The van der Waals surface area contributed by atoms with Crippen molar-refractivity contribution in [2.24, 2.45) is 0 Å². The normalized spacial score (nSPS) is 11.4.